The minimum Gasteiger partial charge on any atom is -0.389 e. The van der Waals surface area contributed by atoms with E-state index in [0.717, 1.165) is 32.1 Å². The second-order valence-corrected chi connectivity index (χ2v) is 9.76. The van der Waals surface area contributed by atoms with E-state index in [1.54, 1.807) is 6.08 Å². The quantitative estimate of drug-likeness (QED) is 0.750. The Hall–Kier alpha value is -1.48. The summed E-state index contributed by atoms with van der Waals surface area (Å²) in [6.45, 7) is 8.50. The van der Waals surface area contributed by atoms with Crippen molar-refractivity contribution in [3.8, 4) is 0 Å². The van der Waals surface area contributed by atoms with Crippen molar-refractivity contribution in [2.45, 2.75) is 59.8 Å². The number of allylic oxidation sites excluding steroid dienone is 6. The van der Waals surface area contributed by atoms with Gasteiger partial charge in [-0.25, -0.2) is 0 Å². The van der Waals surface area contributed by atoms with E-state index in [1.807, 2.05) is 6.08 Å². The molecule has 0 spiro atoms. The predicted molar refractivity (Wildman–Crippen MR) is 106 cm³/mol. The smallest absolute Gasteiger partial charge is 0.178 e. The number of fused-ring (bicyclic) bond motifs is 5. The van der Waals surface area contributed by atoms with Crippen molar-refractivity contribution in [3.05, 3.63) is 35.5 Å². The first-order chi connectivity index (χ1) is 12.7. The molecule has 3 heteroatoms. The molecule has 0 saturated heterocycles. The fourth-order valence-corrected chi connectivity index (χ4v) is 7.20. The van der Waals surface area contributed by atoms with E-state index < -0.39 is 5.41 Å². The molecule has 0 aromatic carbocycles. The maximum absolute atomic E-state index is 12.9. The lowest BCUT2D eigenvalue weighted by molar-refractivity contribution is -0.141. The van der Waals surface area contributed by atoms with Gasteiger partial charge in [-0.05, 0) is 67.9 Å². The van der Waals surface area contributed by atoms with Crippen LogP contribution in [0.15, 0.2) is 35.5 Å². The number of carbonyl (C=O) groups excluding carboxylic acids is 2. The Bertz CT molecular complexity index is 787. The van der Waals surface area contributed by atoms with Gasteiger partial charge in [-0.15, -0.1) is 0 Å². The van der Waals surface area contributed by atoms with E-state index in [9.17, 15) is 14.7 Å². The average Bonchev–Trinajstić information content (AvgIpc) is 2.90. The molecule has 4 rings (SSSR count). The van der Waals surface area contributed by atoms with E-state index in [2.05, 4.69) is 39.8 Å². The molecule has 27 heavy (non-hydrogen) atoms. The van der Waals surface area contributed by atoms with Gasteiger partial charge >= 0.3 is 0 Å². The Morgan fingerprint density at radius 2 is 2.04 bits per heavy atom. The topological polar surface area (TPSA) is 54.4 Å². The summed E-state index contributed by atoms with van der Waals surface area (Å²) in [7, 11) is 0. The molecular formula is C24H32O3. The molecule has 2 unspecified atom stereocenters. The van der Waals surface area contributed by atoms with Crippen molar-refractivity contribution < 1.29 is 14.7 Å². The highest BCUT2D eigenvalue weighted by atomic mass is 16.3. The maximum atomic E-state index is 12.9. The standard InChI is InChI=1S/C24H32O3/c1-5-15-13-20-18-7-6-16-12-17(26)8-10-22(16,2)19(18)9-11-23(20,3)24(15,4)21(27)14-25/h8-10,12,15,18,20,25H,5-7,11,13-14H2,1-4H3/t15-,18?,20?,22-,23-,24+/m0/s1. The highest BCUT2D eigenvalue weighted by Crippen LogP contribution is 2.69. The van der Waals surface area contributed by atoms with Crippen LogP contribution in [0.1, 0.15) is 59.8 Å². The zero-order valence-electron chi connectivity index (χ0n) is 17.0. The van der Waals surface area contributed by atoms with Gasteiger partial charge in [0.25, 0.3) is 0 Å². The summed E-state index contributed by atoms with van der Waals surface area (Å²) in [6, 6.07) is 0. The molecule has 2 saturated carbocycles. The summed E-state index contributed by atoms with van der Waals surface area (Å²) >= 11 is 0. The third-order valence-electron chi connectivity index (χ3n) is 9.10. The third kappa shape index (κ3) is 2.24. The Morgan fingerprint density at radius 1 is 1.30 bits per heavy atom. The Kier molecular flexibility index (Phi) is 4.20. The summed E-state index contributed by atoms with van der Waals surface area (Å²) in [5, 5.41) is 9.72. The Labute approximate surface area is 162 Å². The van der Waals surface area contributed by atoms with Crippen molar-refractivity contribution in [2.24, 2.45) is 34.0 Å². The molecule has 0 amide bonds. The highest BCUT2D eigenvalue weighted by molar-refractivity contribution is 6.01. The van der Waals surface area contributed by atoms with Gasteiger partial charge in [0, 0.05) is 10.8 Å². The normalized spacial score (nSPS) is 45.5. The fraction of sp³-hybridized carbons (Fsp3) is 0.667. The molecule has 0 aromatic heterocycles. The number of carbonyl (C=O) groups is 2. The van der Waals surface area contributed by atoms with Crippen LogP contribution in [0.5, 0.6) is 0 Å². The van der Waals surface area contributed by atoms with Crippen molar-refractivity contribution in [1.82, 2.24) is 0 Å². The molecule has 0 heterocycles. The van der Waals surface area contributed by atoms with E-state index in [0.29, 0.717) is 17.8 Å². The van der Waals surface area contributed by atoms with Gasteiger partial charge in [-0.2, -0.15) is 0 Å². The van der Waals surface area contributed by atoms with Crippen LogP contribution in [0.3, 0.4) is 0 Å². The van der Waals surface area contributed by atoms with Crippen LogP contribution < -0.4 is 0 Å². The Balaban J connectivity index is 1.80. The second kappa shape index (κ2) is 6.01. The highest BCUT2D eigenvalue weighted by Gasteiger charge is 2.65. The molecule has 4 aliphatic carbocycles. The molecular weight excluding hydrogens is 336 g/mol. The van der Waals surface area contributed by atoms with Gasteiger partial charge in [-0.1, -0.05) is 50.5 Å². The van der Waals surface area contributed by atoms with Gasteiger partial charge in [0.05, 0.1) is 0 Å². The van der Waals surface area contributed by atoms with Crippen LogP contribution in [-0.2, 0) is 9.59 Å². The minimum absolute atomic E-state index is 0.0157. The average molecular weight is 369 g/mol. The first-order valence-electron chi connectivity index (χ1n) is 10.5. The van der Waals surface area contributed by atoms with Crippen LogP contribution in [0.4, 0.5) is 0 Å². The van der Waals surface area contributed by atoms with Crippen molar-refractivity contribution in [3.63, 3.8) is 0 Å². The summed E-state index contributed by atoms with van der Waals surface area (Å²) in [6.07, 6.45) is 13.0. The number of hydrogen-bond donors (Lipinski definition) is 1. The van der Waals surface area contributed by atoms with Gasteiger partial charge in [-0.3, -0.25) is 9.59 Å². The lowest BCUT2D eigenvalue weighted by atomic mass is 9.49. The zero-order valence-corrected chi connectivity index (χ0v) is 17.0. The lowest BCUT2D eigenvalue weighted by Gasteiger charge is -2.54. The number of hydrogen-bond acceptors (Lipinski definition) is 3. The van der Waals surface area contributed by atoms with Crippen LogP contribution >= 0.6 is 0 Å². The van der Waals surface area contributed by atoms with Crippen LogP contribution in [0, 0.1) is 34.0 Å². The van der Waals surface area contributed by atoms with Gasteiger partial charge in [0.15, 0.2) is 11.6 Å². The molecule has 2 fully saturated rings. The number of aliphatic hydroxyl groups is 1. The molecule has 146 valence electrons. The maximum Gasteiger partial charge on any atom is 0.178 e. The lowest BCUT2D eigenvalue weighted by Crippen LogP contribution is -2.51. The first kappa shape index (κ1) is 18.9. The second-order valence-electron chi connectivity index (χ2n) is 9.76. The zero-order chi connectivity index (χ0) is 19.6. The van der Waals surface area contributed by atoms with E-state index in [-0.39, 0.29) is 29.0 Å². The van der Waals surface area contributed by atoms with Gasteiger partial charge in [0.2, 0.25) is 0 Å². The first-order valence-corrected chi connectivity index (χ1v) is 10.5. The summed E-state index contributed by atoms with van der Waals surface area (Å²) in [4.78, 5) is 24.8. The Morgan fingerprint density at radius 3 is 2.70 bits per heavy atom. The molecule has 6 atom stereocenters. The molecule has 4 aliphatic rings. The van der Waals surface area contributed by atoms with E-state index >= 15 is 0 Å². The van der Waals surface area contributed by atoms with E-state index in [1.165, 1.54) is 11.1 Å². The van der Waals surface area contributed by atoms with Crippen molar-refractivity contribution in [2.75, 3.05) is 6.61 Å². The van der Waals surface area contributed by atoms with Gasteiger partial charge in [0.1, 0.15) is 6.61 Å². The minimum atomic E-state index is -0.460. The van der Waals surface area contributed by atoms with Crippen LogP contribution in [-0.4, -0.2) is 23.3 Å². The summed E-state index contributed by atoms with van der Waals surface area (Å²) in [5.41, 5.74) is 2.01. The fourth-order valence-electron chi connectivity index (χ4n) is 7.20. The molecule has 1 N–H and O–H groups in total. The monoisotopic (exact) mass is 368 g/mol. The number of rotatable bonds is 3. The molecule has 0 bridgehead atoms. The largest absolute Gasteiger partial charge is 0.389 e. The SMILES string of the molecule is CC[C@H]1CC2C3CCC4=CC(=O)C=C[C@]4(C)C3=CC[C@]2(C)[C@@]1(C)C(=O)CO. The third-order valence-corrected chi connectivity index (χ3v) is 9.10. The molecule has 0 radical (unpaired) electrons. The number of Topliss-reactive ketones (excluding diaryl/α,β-unsaturated/α-hetero) is 1. The van der Waals surface area contributed by atoms with Crippen molar-refractivity contribution >= 4 is 11.6 Å². The number of aliphatic hydroxyl groups excluding tert-OH is 1. The number of ketones is 2. The summed E-state index contributed by atoms with van der Waals surface area (Å²) < 4.78 is 0. The predicted octanol–water partition coefficient (Wildman–Crippen LogP) is 4.42. The molecule has 0 aliphatic heterocycles. The van der Waals surface area contributed by atoms with Gasteiger partial charge < -0.3 is 5.11 Å². The molecule has 3 nitrogen and oxygen atoms in total. The summed E-state index contributed by atoms with van der Waals surface area (Å²) in [5.74, 6) is 1.38. The molecule has 0 aromatic rings. The van der Waals surface area contributed by atoms with Crippen LogP contribution in [0.25, 0.3) is 0 Å². The van der Waals surface area contributed by atoms with E-state index in [4.69, 9.17) is 0 Å². The van der Waals surface area contributed by atoms with Crippen LogP contribution in [0.2, 0.25) is 0 Å². The van der Waals surface area contributed by atoms with Crippen molar-refractivity contribution in [1.29, 1.82) is 0 Å².